The molecular formula is C17H23N3O2S. The second-order valence-electron chi connectivity index (χ2n) is 6.92. The number of urea groups is 1. The zero-order chi connectivity index (χ0) is 16.0. The zero-order valence-corrected chi connectivity index (χ0v) is 14.1. The van der Waals surface area contributed by atoms with Gasteiger partial charge >= 0.3 is 6.03 Å². The maximum Gasteiger partial charge on any atom is 0.354 e. The van der Waals surface area contributed by atoms with Gasteiger partial charge in [-0.05, 0) is 73.6 Å². The fourth-order valence-corrected chi connectivity index (χ4v) is 5.47. The van der Waals surface area contributed by atoms with Crippen molar-refractivity contribution in [3.05, 3.63) is 28.3 Å². The molecule has 1 saturated carbocycles. The lowest BCUT2D eigenvalue weighted by Crippen LogP contribution is -2.35. The summed E-state index contributed by atoms with van der Waals surface area (Å²) in [5.41, 5.74) is 6.15. The van der Waals surface area contributed by atoms with Gasteiger partial charge in [0.2, 0.25) is 0 Å². The molecule has 0 heterocycles. The summed E-state index contributed by atoms with van der Waals surface area (Å²) < 4.78 is 16.2. The molecule has 3 N–H and O–H groups in total. The molecule has 0 saturated heterocycles. The minimum absolute atomic E-state index is 0.125. The van der Waals surface area contributed by atoms with Crippen molar-refractivity contribution in [3.63, 3.8) is 0 Å². The van der Waals surface area contributed by atoms with E-state index in [9.17, 15) is 9.00 Å². The average molecular weight is 333 g/mol. The van der Waals surface area contributed by atoms with Gasteiger partial charge < -0.3 is 5.32 Å². The van der Waals surface area contributed by atoms with Crippen LogP contribution in [0.4, 0.5) is 10.5 Å². The maximum absolute atomic E-state index is 12.4. The molecule has 5 nitrogen and oxygen atoms in total. The summed E-state index contributed by atoms with van der Waals surface area (Å²) in [7, 11) is -2.91. The van der Waals surface area contributed by atoms with E-state index in [4.69, 9.17) is 5.14 Å². The first kappa shape index (κ1) is 15.1. The Balaban J connectivity index is 1.66. The van der Waals surface area contributed by atoms with E-state index in [1.165, 1.54) is 22.3 Å². The van der Waals surface area contributed by atoms with Crippen LogP contribution in [0, 0.1) is 0 Å². The van der Waals surface area contributed by atoms with E-state index in [1.807, 2.05) is 0 Å². The highest BCUT2D eigenvalue weighted by molar-refractivity contribution is 7.92. The Labute approximate surface area is 137 Å². The summed E-state index contributed by atoms with van der Waals surface area (Å²) in [4.78, 5) is 12.3. The average Bonchev–Trinajstić information content (AvgIpc) is 3.02. The van der Waals surface area contributed by atoms with Crippen molar-refractivity contribution in [1.82, 2.24) is 0 Å². The summed E-state index contributed by atoms with van der Waals surface area (Å²) in [5, 5.41) is 8.61. The van der Waals surface area contributed by atoms with Crippen molar-refractivity contribution in [2.45, 2.75) is 63.0 Å². The standard InChI is InChI=1S/C17H23N3O2S/c18-23(22,13-6-3-7-13)20-17(21)19-16-14-8-1-4-11(14)10-12-5-2-9-15(12)16/h10,13H,1-9H2,(H3,18,19,20,21,22)/t23-/m1/s1. The summed E-state index contributed by atoms with van der Waals surface area (Å²) in [6, 6.07) is 1.77. The van der Waals surface area contributed by atoms with Gasteiger partial charge in [0.05, 0.1) is 5.25 Å². The van der Waals surface area contributed by atoms with Crippen LogP contribution in [0.25, 0.3) is 0 Å². The molecule has 0 bridgehead atoms. The summed E-state index contributed by atoms with van der Waals surface area (Å²) in [6.07, 6.45) is 9.07. The van der Waals surface area contributed by atoms with Gasteiger partial charge in [-0.15, -0.1) is 4.36 Å². The van der Waals surface area contributed by atoms with Gasteiger partial charge in [-0.1, -0.05) is 12.5 Å². The van der Waals surface area contributed by atoms with Gasteiger partial charge in [0.1, 0.15) is 9.92 Å². The van der Waals surface area contributed by atoms with Crippen molar-refractivity contribution in [2.24, 2.45) is 9.50 Å². The number of carbonyl (C=O) groups is 1. The molecule has 3 aliphatic carbocycles. The lowest BCUT2D eigenvalue weighted by atomic mass is 9.99. The van der Waals surface area contributed by atoms with Crippen molar-refractivity contribution < 1.29 is 9.00 Å². The Hall–Kier alpha value is -1.40. The molecule has 1 fully saturated rings. The maximum atomic E-state index is 12.4. The van der Waals surface area contributed by atoms with E-state index in [1.54, 1.807) is 0 Å². The van der Waals surface area contributed by atoms with E-state index in [0.29, 0.717) is 0 Å². The SMILES string of the molecule is N[S@@](=O)(=NC(=O)Nc1c2c(cc3c1CCC3)CCC2)C1CCC1. The summed E-state index contributed by atoms with van der Waals surface area (Å²) >= 11 is 0. The molecule has 23 heavy (non-hydrogen) atoms. The third-order valence-corrected chi connectivity index (χ3v) is 7.34. The number of anilines is 1. The van der Waals surface area contributed by atoms with Gasteiger partial charge in [-0.2, -0.15) is 0 Å². The van der Waals surface area contributed by atoms with E-state index < -0.39 is 15.9 Å². The van der Waals surface area contributed by atoms with Crippen LogP contribution in [0.3, 0.4) is 0 Å². The predicted molar refractivity (Wildman–Crippen MR) is 91.9 cm³/mol. The van der Waals surface area contributed by atoms with Crippen LogP contribution in [-0.4, -0.2) is 15.5 Å². The molecule has 0 spiro atoms. The number of hydrogen-bond acceptors (Lipinski definition) is 2. The van der Waals surface area contributed by atoms with E-state index in [2.05, 4.69) is 15.7 Å². The second-order valence-corrected chi connectivity index (χ2v) is 9.00. The fourth-order valence-electron chi connectivity index (χ4n) is 4.01. The largest absolute Gasteiger partial charge is 0.354 e. The summed E-state index contributed by atoms with van der Waals surface area (Å²) in [6.45, 7) is 0. The lowest BCUT2D eigenvalue weighted by Gasteiger charge is -2.25. The third-order valence-electron chi connectivity index (χ3n) is 5.46. The highest BCUT2D eigenvalue weighted by Gasteiger charge is 2.29. The van der Waals surface area contributed by atoms with Gasteiger partial charge in [0.15, 0.2) is 0 Å². The Bertz CT molecular complexity index is 757. The Morgan fingerprint density at radius 2 is 1.70 bits per heavy atom. The smallest absolute Gasteiger partial charge is 0.305 e. The number of nitrogens with one attached hydrogen (secondary N) is 1. The normalized spacial score (nSPS) is 22.0. The van der Waals surface area contributed by atoms with Crippen LogP contribution in [0.5, 0.6) is 0 Å². The van der Waals surface area contributed by atoms with Crippen LogP contribution in [0.2, 0.25) is 0 Å². The van der Waals surface area contributed by atoms with Crippen LogP contribution >= 0.6 is 0 Å². The molecule has 0 unspecified atom stereocenters. The number of amides is 2. The number of nitrogens with two attached hydrogens (primary N) is 1. The molecule has 124 valence electrons. The quantitative estimate of drug-likeness (QED) is 0.871. The van der Waals surface area contributed by atoms with Crippen LogP contribution in [0.15, 0.2) is 10.4 Å². The molecule has 0 radical (unpaired) electrons. The van der Waals surface area contributed by atoms with E-state index >= 15 is 0 Å². The molecular weight excluding hydrogens is 310 g/mol. The Morgan fingerprint density at radius 3 is 2.22 bits per heavy atom. The minimum Gasteiger partial charge on any atom is -0.305 e. The first-order valence-electron chi connectivity index (χ1n) is 8.56. The minimum atomic E-state index is -2.91. The third kappa shape index (κ3) is 2.68. The fraction of sp³-hybridized carbons (Fsp3) is 0.588. The molecule has 1 aromatic carbocycles. The summed E-state index contributed by atoms with van der Waals surface area (Å²) in [5.74, 6) is 0. The van der Waals surface area contributed by atoms with Gasteiger partial charge in [-0.3, -0.25) is 0 Å². The second kappa shape index (κ2) is 5.60. The van der Waals surface area contributed by atoms with Crippen molar-refractivity contribution in [3.8, 4) is 0 Å². The number of nitrogens with zero attached hydrogens (tertiary/aromatic N) is 1. The van der Waals surface area contributed by atoms with Crippen LogP contribution in [0.1, 0.15) is 54.4 Å². The zero-order valence-electron chi connectivity index (χ0n) is 13.3. The topological polar surface area (TPSA) is 84.6 Å². The molecule has 2 amide bonds. The monoisotopic (exact) mass is 333 g/mol. The number of benzene rings is 1. The van der Waals surface area contributed by atoms with Crippen molar-refractivity contribution >= 4 is 21.6 Å². The van der Waals surface area contributed by atoms with Gasteiger partial charge in [0.25, 0.3) is 0 Å². The first-order chi connectivity index (χ1) is 11.0. The number of rotatable bonds is 2. The first-order valence-corrected chi connectivity index (χ1v) is 10.2. The number of aryl methyl sites for hydroxylation is 2. The van der Waals surface area contributed by atoms with E-state index in [-0.39, 0.29) is 5.25 Å². The van der Waals surface area contributed by atoms with E-state index in [0.717, 1.165) is 63.5 Å². The number of hydrogen-bond donors (Lipinski definition) is 2. The Kier molecular flexibility index (Phi) is 3.69. The van der Waals surface area contributed by atoms with Gasteiger partial charge in [-0.25, -0.2) is 14.1 Å². The molecule has 0 aliphatic heterocycles. The van der Waals surface area contributed by atoms with Crippen molar-refractivity contribution in [1.29, 1.82) is 0 Å². The Morgan fingerprint density at radius 1 is 1.09 bits per heavy atom. The molecule has 6 heteroatoms. The molecule has 1 aromatic rings. The highest BCUT2D eigenvalue weighted by Crippen LogP contribution is 2.38. The number of fused-ring (bicyclic) bond motifs is 2. The molecule has 1 atom stereocenters. The molecule has 0 aromatic heterocycles. The molecule has 4 rings (SSSR count). The highest BCUT2D eigenvalue weighted by atomic mass is 32.2. The lowest BCUT2D eigenvalue weighted by molar-refractivity contribution is 0.260. The van der Waals surface area contributed by atoms with Crippen LogP contribution < -0.4 is 10.5 Å². The van der Waals surface area contributed by atoms with Crippen LogP contribution in [-0.2, 0) is 35.6 Å². The predicted octanol–water partition coefficient (Wildman–Crippen LogP) is 3.09. The number of carbonyl (C=O) groups excluding carboxylic acids is 1. The molecule has 3 aliphatic rings. The van der Waals surface area contributed by atoms with Crippen molar-refractivity contribution in [2.75, 3.05) is 5.32 Å². The van der Waals surface area contributed by atoms with Gasteiger partial charge in [0, 0.05) is 5.69 Å².